The molecule has 0 amide bonds. The van der Waals surface area contributed by atoms with Gasteiger partial charge in [0.1, 0.15) is 5.01 Å². The monoisotopic (exact) mass is 233 g/mol. The standard InChI is InChI=1S/C12H15N3S/c1-2-11-8-15-12(16-11)9-13-7-10-5-3-4-6-14-10/h3-6,8,13H,2,7,9H2,1H3. The zero-order valence-corrected chi connectivity index (χ0v) is 10.1. The predicted molar refractivity (Wildman–Crippen MR) is 66.3 cm³/mol. The molecule has 2 heterocycles. The smallest absolute Gasteiger partial charge is 0.107 e. The number of pyridine rings is 1. The summed E-state index contributed by atoms with van der Waals surface area (Å²) in [4.78, 5) is 9.95. The molecule has 2 rings (SSSR count). The number of thiazole rings is 1. The van der Waals surface area contributed by atoms with Crippen LogP contribution in [0.3, 0.4) is 0 Å². The zero-order valence-electron chi connectivity index (χ0n) is 9.31. The lowest BCUT2D eigenvalue weighted by Gasteiger charge is -2.01. The third-order valence-corrected chi connectivity index (χ3v) is 3.40. The molecule has 3 nitrogen and oxygen atoms in total. The van der Waals surface area contributed by atoms with E-state index < -0.39 is 0 Å². The van der Waals surface area contributed by atoms with Crippen LogP contribution in [0.4, 0.5) is 0 Å². The highest BCUT2D eigenvalue weighted by atomic mass is 32.1. The van der Waals surface area contributed by atoms with E-state index in [0.717, 1.165) is 30.2 Å². The van der Waals surface area contributed by atoms with Gasteiger partial charge in [-0.2, -0.15) is 0 Å². The van der Waals surface area contributed by atoms with Crippen molar-refractivity contribution in [3.63, 3.8) is 0 Å². The number of nitrogens with zero attached hydrogens (tertiary/aromatic N) is 2. The largest absolute Gasteiger partial charge is 0.305 e. The van der Waals surface area contributed by atoms with E-state index in [0.29, 0.717) is 0 Å². The highest BCUT2D eigenvalue weighted by molar-refractivity contribution is 7.11. The third-order valence-electron chi connectivity index (χ3n) is 2.26. The Bertz CT molecular complexity index is 425. The van der Waals surface area contributed by atoms with Crippen molar-refractivity contribution in [2.24, 2.45) is 0 Å². The van der Waals surface area contributed by atoms with Crippen molar-refractivity contribution in [2.45, 2.75) is 26.4 Å². The Balaban J connectivity index is 1.80. The highest BCUT2D eigenvalue weighted by Gasteiger charge is 2.00. The highest BCUT2D eigenvalue weighted by Crippen LogP contribution is 2.12. The van der Waals surface area contributed by atoms with Gasteiger partial charge >= 0.3 is 0 Å². The van der Waals surface area contributed by atoms with Gasteiger partial charge in [0.05, 0.1) is 5.69 Å². The van der Waals surface area contributed by atoms with Gasteiger partial charge in [0.2, 0.25) is 0 Å². The van der Waals surface area contributed by atoms with Gasteiger partial charge in [0, 0.05) is 30.4 Å². The summed E-state index contributed by atoms with van der Waals surface area (Å²) in [5.74, 6) is 0. The van der Waals surface area contributed by atoms with E-state index in [1.165, 1.54) is 4.88 Å². The van der Waals surface area contributed by atoms with E-state index in [1.54, 1.807) is 11.3 Å². The quantitative estimate of drug-likeness (QED) is 0.861. The van der Waals surface area contributed by atoms with Gasteiger partial charge in [-0.25, -0.2) is 4.98 Å². The van der Waals surface area contributed by atoms with Crippen LogP contribution in [0, 0.1) is 0 Å². The Morgan fingerprint density at radius 2 is 2.19 bits per heavy atom. The van der Waals surface area contributed by atoms with Crippen molar-refractivity contribution >= 4 is 11.3 Å². The van der Waals surface area contributed by atoms with Gasteiger partial charge in [-0.1, -0.05) is 13.0 Å². The van der Waals surface area contributed by atoms with Crippen LogP contribution in [0.1, 0.15) is 22.5 Å². The summed E-state index contributed by atoms with van der Waals surface area (Å²) in [7, 11) is 0. The van der Waals surface area contributed by atoms with Crippen molar-refractivity contribution in [1.82, 2.24) is 15.3 Å². The Labute approximate surface area is 99.6 Å². The second-order valence-electron chi connectivity index (χ2n) is 3.50. The molecule has 0 radical (unpaired) electrons. The van der Waals surface area contributed by atoms with E-state index in [2.05, 4.69) is 22.2 Å². The van der Waals surface area contributed by atoms with E-state index in [-0.39, 0.29) is 0 Å². The molecule has 0 aliphatic rings. The maximum Gasteiger partial charge on any atom is 0.107 e. The zero-order chi connectivity index (χ0) is 11.2. The number of rotatable bonds is 5. The summed E-state index contributed by atoms with van der Waals surface area (Å²) < 4.78 is 0. The first-order valence-corrected chi connectivity index (χ1v) is 6.24. The molecule has 0 atom stereocenters. The van der Waals surface area contributed by atoms with Crippen LogP contribution < -0.4 is 5.32 Å². The van der Waals surface area contributed by atoms with Crippen molar-refractivity contribution in [3.8, 4) is 0 Å². The molecule has 84 valence electrons. The summed E-state index contributed by atoms with van der Waals surface area (Å²) in [5, 5.41) is 4.49. The fraction of sp³-hybridized carbons (Fsp3) is 0.333. The molecular formula is C12H15N3S. The SMILES string of the molecule is CCc1cnc(CNCc2ccccn2)s1. The number of hydrogen-bond acceptors (Lipinski definition) is 4. The van der Waals surface area contributed by atoms with Crippen LogP contribution in [0.2, 0.25) is 0 Å². The molecule has 1 N–H and O–H groups in total. The molecule has 0 bridgehead atoms. The van der Waals surface area contributed by atoms with Crippen LogP contribution in [-0.2, 0) is 19.5 Å². The average molecular weight is 233 g/mol. The first-order chi connectivity index (χ1) is 7.88. The second kappa shape index (κ2) is 5.72. The topological polar surface area (TPSA) is 37.8 Å². The van der Waals surface area contributed by atoms with Crippen molar-refractivity contribution in [3.05, 3.63) is 46.2 Å². The predicted octanol–water partition coefficient (Wildman–Crippen LogP) is 2.39. The molecule has 16 heavy (non-hydrogen) atoms. The van der Waals surface area contributed by atoms with Crippen LogP contribution in [0.25, 0.3) is 0 Å². The van der Waals surface area contributed by atoms with Crippen LogP contribution in [0.5, 0.6) is 0 Å². The molecule has 2 aromatic rings. The summed E-state index contributed by atoms with van der Waals surface area (Å²) in [6.45, 7) is 3.77. The third kappa shape index (κ3) is 3.12. The molecule has 0 saturated heterocycles. The van der Waals surface area contributed by atoms with Crippen molar-refractivity contribution in [1.29, 1.82) is 0 Å². The summed E-state index contributed by atoms with van der Waals surface area (Å²) in [6.07, 6.45) is 4.84. The number of nitrogens with one attached hydrogen (secondary N) is 1. The molecule has 0 aliphatic carbocycles. The van der Waals surface area contributed by atoms with Gasteiger partial charge in [-0.3, -0.25) is 4.98 Å². The minimum absolute atomic E-state index is 0.794. The lowest BCUT2D eigenvalue weighted by atomic mass is 10.3. The fourth-order valence-corrected chi connectivity index (χ4v) is 2.23. The summed E-state index contributed by atoms with van der Waals surface area (Å²) in [6, 6.07) is 5.95. The molecule has 0 aromatic carbocycles. The van der Waals surface area contributed by atoms with Gasteiger partial charge < -0.3 is 5.32 Å². The van der Waals surface area contributed by atoms with E-state index in [9.17, 15) is 0 Å². The lowest BCUT2D eigenvalue weighted by Crippen LogP contribution is -2.13. The molecule has 2 aromatic heterocycles. The van der Waals surface area contributed by atoms with Gasteiger partial charge in [-0.05, 0) is 18.6 Å². The van der Waals surface area contributed by atoms with Crippen LogP contribution >= 0.6 is 11.3 Å². The van der Waals surface area contributed by atoms with Crippen LogP contribution in [-0.4, -0.2) is 9.97 Å². The van der Waals surface area contributed by atoms with E-state index in [4.69, 9.17) is 0 Å². The lowest BCUT2D eigenvalue weighted by molar-refractivity contribution is 0.676. The molecule has 0 spiro atoms. The van der Waals surface area contributed by atoms with Crippen molar-refractivity contribution in [2.75, 3.05) is 0 Å². The summed E-state index contributed by atoms with van der Waals surface area (Å²) in [5.41, 5.74) is 1.06. The molecular weight excluding hydrogens is 218 g/mol. The molecule has 0 saturated carbocycles. The van der Waals surface area contributed by atoms with Gasteiger partial charge in [0.15, 0.2) is 0 Å². The Hall–Kier alpha value is -1.26. The normalized spacial score (nSPS) is 10.6. The Morgan fingerprint density at radius 1 is 1.25 bits per heavy atom. The maximum absolute atomic E-state index is 4.35. The molecule has 0 unspecified atom stereocenters. The second-order valence-corrected chi connectivity index (χ2v) is 4.70. The van der Waals surface area contributed by atoms with Gasteiger partial charge in [-0.15, -0.1) is 11.3 Å². The molecule has 0 aliphatic heterocycles. The number of aryl methyl sites for hydroxylation is 1. The molecule has 4 heteroatoms. The van der Waals surface area contributed by atoms with E-state index in [1.807, 2.05) is 30.6 Å². The first-order valence-electron chi connectivity index (χ1n) is 5.42. The Kier molecular flexibility index (Phi) is 4.02. The first kappa shape index (κ1) is 11.2. The number of aromatic nitrogens is 2. The van der Waals surface area contributed by atoms with Crippen LogP contribution in [0.15, 0.2) is 30.6 Å². The number of hydrogen-bond donors (Lipinski definition) is 1. The minimum Gasteiger partial charge on any atom is -0.305 e. The van der Waals surface area contributed by atoms with E-state index >= 15 is 0 Å². The Morgan fingerprint density at radius 3 is 2.88 bits per heavy atom. The fourth-order valence-electron chi connectivity index (χ4n) is 1.39. The minimum atomic E-state index is 0.794. The van der Waals surface area contributed by atoms with Crippen molar-refractivity contribution < 1.29 is 0 Å². The maximum atomic E-state index is 4.35. The summed E-state index contributed by atoms with van der Waals surface area (Å²) >= 11 is 1.77. The molecule has 0 fully saturated rings. The van der Waals surface area contributed by atoms with Gasteiger partial charge in [0.25, 0.3) is 0 Å². The average Bonchev–Trinajstić information content (AvgIpc) is 2.78.